The molecule has 2 aliphatic heterocycles. The summed E-state index contributed by atoms with van der Waals surface area (Å²) < 4.78 is 33.9. The Hall–Kier alpha value is -3.59. The molecule has 3 aromatic rings. The quantitative estimate of drug-likeness (QED) is 0.631. The predicted molar refractivity (Wildman–Crippen MR) is 103 cm³/mol. The van der Waals surface area contributed by atoms with E-state index < -0.39 is 10.0 Å². The molecule has 5 rings (SSSR count). The first-order valence-electron chi connectivity index (χ1n) is 8.39. The van der Waals surface area contributed by atoms with Crippen LogP contribution in [0.1, 0.15) is 10.4 Å². The standard InChI is InChI=1S/C19H13N3O5S/c23-17-9-27-15-6-4-10(8-14(15)20-17)22-28(25,26)16-7-5-13-18-11(16)2-1-3-12(18)19(24)21-13/h1-8,22H,9H2,(H,20,23)(H,21,24). The Labute approximate surface area is 159 Å². The second-order valence-electron chi connectivity index (χ2n) is 6.45. The van der Waals surface area contributed by atoms with Gasteiger partial charge in [0.05, 0.1) is 16.3 Å². The summed E-state index contributed by atoms with van der Waals surface area (Å²) in [4.78, 5) is 23.6. The topological polar surface area (TPSA) is 114 Å². The highest BCUT2D eigenvalue weighted by Crippen LogP contribution is 2.37. The summed E-state index contributed by atoms with van der Waals surface area (Å²) in [6, 6.07) is 12.6. The van der Waals surface area contributed by atoms with Crippen molar-refractivity contribution in [2.45, 2.75) is 4.90 Å². The molecule has 2 amide bonds. The lowest BCUT2D eigenvalue weighted by Crippen LogP contribution is -2.25. The highest BCUT2D eigenvalue weighted by atomic mass is 32.2. The van der Waals surface area contributed by atoms with Crippen LogP contribution in [0.15, 0.2) is 53.4 Å². The molecule has 0 saturated carbocycles. The van der Waals surface area contributed by atoms with Gasteiger partial charge < -0.3 is 15.4 Å². The molecule has 140 valence electrons. The molecule has 0 aliphatic carbocycles. The van der Waals surface area contributed by atoms with Gasteiger partial charge in [-0.25, -0.2) is 8.42 Å². The maximum atomic E-state index is 13.0. The Morgan fingerprint density at radius 1 is 0.964 bits per heavy atom. The molecule has 2 aliphatic rings. The van der Waals surface area contributed by atoms with E-state index in [9.17, 15) is 18.0 Å². The van der Waals surface area contributed by atoms with Gasteiger partial charge in [0.15, 0.2) is 6.61 Å². The monoisotopic (exact) mass is 395 g/mol. The second kappa shape index (κ2) is 5.70. The van der Waals surface area contributed by atoms with Crippen LogP contribution in [0.5, 0.6) is 5.75 Å². The van der Waals surface area contributed by atoms with E-state index in [0.29, 0.717) is 33.5 Å². The summed E-state index contributed by atoms with van der Waals surface area (Å²) in [5.74, 6) is -0.0943. The summed E-state index contributed by atoms with van der Waals surface area (Å²) in [5.41, 5.74) is 1.70. The summed E-state index contributed by atoms with van der Waals surface area (Å²) in [5, 5.41) is 6.41. The maximum Gasteiger partial charge on any atom is 0.262 e. The molecular formula is C19H13N3O5S. The average Bonchev–Trinajstić information content (AvgIpc) is 2.99. The van der Waals surface area contributed by atoms with E-state index in [1.807, 2.05) is 0 Å². The molecule has 3 N–H and O–H groups in total. The zero-order valence-electron chi connectivity index (χ0n) is 14.3. The van der Waals surface area contributed by atoms with E-state index in [1.165, 1.54) is 12.1 Å². The van der Waals surface area contributed by atoms with Crippen molar-refractivity contribution in [3.63, 3.8) is 0 Å². The molecule has 0 fully saturated rings. The predicted octanol–water partition coefficient (Wildman–Crippen LogP) is 2.54. The minimum atomic E-state index is -3.95. The molecule has 0 unspecified atom stereocenters. The van der Waals surface area contributed by atoms with Gasteiger partial charge in [-0.3, -0.25) is 14.3 Å². The Bertz CT molecular complexity index is 1300. The van der Waals surface area contributed by atoms with Crippen molar-refractivity contribution in [3.05, 3.63) is 54.1 Å². The average molecular weight is 395 g/mol. The molecule has 3 aromatic carbocycles. The molecule has 0 radical (unpaired) electrons. The fourth-order valence-electron chi connectivity index (χ4n) is 3.45. The third-order valence-electron chi connectivity index (χ3n) is 4.65. The molecule has 0 aromatic heterocycles. The fourth-order valence-corrected chi connectivity index (χ4v) is 4.71. The minimum Gasteiger partial charge on any atom is -0.482 e. The van der Waals surface area contributed by atoms with E-state index in [1.54, 1.807) is 36.4 Å². The zero-order chi connectivity index (χ0) is 19.5. The second-order valence-corrected chi connectivity index (χ2v) is 8.10. The van der Waals surface area contributed by atoms with E-state index in [2.05, 4.69) is 15.4 Å². The molecule has 28 heavy (non-hydrogen) atoms. The number of carbonyl (C=O) groups is 2. The summed E-state index contributed by atoms with van der Waals surface area (Å²) >= 11 is 0. The Morgan fingerprint density at radius 2 is 1.82 bits per heavy atom. The van der Waals surface area contributed by atoms with Gasteiger partial charge in [-0.15, -0.1) is 0 Å². The highest BCUT2D eigenvalue weighted by Gasteiger charge is 2.26. The highest BCUT2D eigenvalue weighted by molar-refractivity contribution is 7.93. The number of sulfonamides is 1. The van der Waals surface area contributed by atoms with Crippen molar-refractivity contribution in [3.8, 4) is 5.75 Å². The lowest BCUT2D eigenvalue weighted by atomic mass is 10.1. The van der Waals surface area contributed by atoms with Crippen molar-refractivity contribution in [1.29, 1.82) is 0 Å². The lowest BCUT2D eigenvalue weighted by Gasteiger charge is -2.19. The number of anilines is 3. The van der Waals surface area contributed by atoms with E-state index in [0.717, 1.165) is 0 Å². The third kappa shape index (κ3) is 2.48. The van der Waals surface area contributed by atoms with Gasteiger partial charge >= 0.3 is 0 Å². The molecule has 0 atom stereocenters. The molecule has 0 saturated heterocycles. The van der Waals surface area contributed by atoms with E-state index >= 15 is 0 Å². The first-order valence-corrected chi connectivity index (χ1v) is 9.87. The largest absolute Gasteiger partial charge is 0.482 e. The van der Waals surface area contributed by atoms with Crippen LogP contribution in [0, 0.1) is 0 Å². The molecule has 2 heterocycles. The van der Waals surface area contributed by atoms with Crippen LogP contribution in [0.2, 0.25) is 0 Å². The Morgan fingerprint density at radius 3 is 2.68 bits per heavy atom. The van der Waals surface area contributed by atoms with Crippen LogP contribution in [0.4, 0.5) is 17.1 Å². The number of rotatable bonds is 3. The van der Waals surface area contributed by atoms with Gasteiger partial charge in [0.25, 0.3) is 21.8 Å². The lowest BCUT2D eigenvalue weighted by molar-refractivity contribution is -0.118. The normalized spacial score (nSPS) is 14.9. The van der Waals surface area contributed by atoms with Gasteiger partial charge in [0.2, 0.25) is 0 Å². The van der Waals surface area contributed by atoms with Gasteiger partial charge in [-0.05, 0) is 36.4 Å². The van der Waals surface area contributed by atoms with Crippen LogP contribution in [0.3, 0.4) is 0 Å². The molecule has 9 heteroatoms. The fraction of sp³-hybridized carbons (Fsp3) is 0.0526. The van der Waals surface area contributed by atoms with Crippen LogP contribution in [-0.4, -0.2) is 26.8 Å². The van der Waals surface area contributed by atoms with E-state index in [-0.39, 0.29) is 29.0 Å². The van der Waals surface area contributed by atoms with Crippen LogP contribution < -0.4 is 20.1 Å². The van der Waals surface area contributed by atoms with Gasteiger partial charge in [-0.1, -0.05) is 12.1 Å². The van der Waals surface area contributed by atoms with Crippen LogP contribution in [-0.2, 0) is 14.8 Å². The maximum absolute atomic E-state index is 13.0. The van der Waals surface area contributed by atoms with Gasteiger partial charge in [-0.2, -0.15) is 0 Å². The van der Waals surface area contributed by atoms with Crippen molar-refractivity contribution >= 4 is 49.7 Å². The van der Waals surface area contributed by atoms with Crippen molar-refractivity contribution in [2.24, 2.45) is 0 Å². The number of hydrogen-bond acceptors (Lipinski definition) is 5. The number of fused-ring (bicyclic) bond motifs is 1. The van der Waals surface area contributed by atoms with Crippen LogP contribution in [0.25, 0.3) is 10.8 Å². The number of ether oxygens (including phenoxy) is 1. The Kier molecular flexibility index (Phi) is 3.37. The van der Waals surface area contributed by atoms with E-state index in [4.69, 9.17) is 4.74 Å². The number of nitrogens with one attached hydrogen (secondary N) is 3. The number of amides is 2. The number of carbonyl (C=O) groups excluding carboxylic acids is 2. The summed E-state index contributed by atoms with van der Waals surface area (Å²) in [6.07, 6.45) is 0. The van der Waals surface area contributed by atoms with Crippen LogP contribution >= 0.6 is 0 Å². The SMILES string of the molecule is O=C1COc2ccc(NS(=O)(=O)c3ccc4c5c(cccc35)C(=O)N4)cc2N1. The number of benzene rings is 3. The van der Waals surface area contributed by atoms with Crippen molar-refractivity contribution in [2.75, 3.05) is 22.0 Å². The molecule has 0 bridgehead atoms. The first-order chi connectivity index (χ1) is 13.4. The van der Waals surface area contributed by atoms with Crippen molar-refractivity contribution < 1.29 is 22.7 Å². The zero-order valence-corrected chi connectivity index (χ0v) is 15.1. The summed E-state index contributed by atoms with van der Waals surface area (Å²) in [6.45, 7) is -0.0779. The van der Waals surface area contributed by atoms with Crippen molar-refractivity contribution in [1.82, 2.24) is 0 Å². The third-order valence-corrected chi connectivity index (χ3v) is 6.09. The smallest absolute Gasteiger partial charge is 0.262 e. The number of hydrogen-bond donors (Lipinski definition) is 3. The molecule has 0 spiro atoms. The first kappa shape index (κ1) is 16.6. The minimum absolute atomic E-state index is 0.0580. The molecular weight excluding hydrogens is 382 g/mol. The Balaban J connectivity index is 1.57. The summed E-state index contributed by atoms with van der Waals surface area (Å²) in [7, 11) is -3.95. The van der Waals surface area contributed by atoms with Gasteiger partial charge in [0.1, 0.15) is 5.75 Å². The molecule has 8 nitrogen and oxygen atoms in total. The van der Waals surface area contributed by atoms with Gasteiger partial charge in [0, 0.05) is 22.0 Å².